The summed E-state index contributed by atoms with van der Waals surface area (Å²) in [6.07, 6.45) is 0.892. The summed E-state index contributed by atoms with van der Waals surface area (Å²) in [7, 11) is -1.65. The van der Waals surface area contributed by atoms with Crippen molar-refractivity contribution >= 4 is 21.6 Å². The summed E-state index contributed by atoms with van der Waals surface area (Å²) in [5.74, 6) is 0.704. The highest BCUT2D eigenvalue weighted by Gasteiger charge is 2.33. The van der Waals surface area contributed by atoms with Gasteiger partial charge in [-0.25, -0.2) is 13.1 Å². The van der Waals surface area contributed by atoms with Crippen molar-refractivity contribution in [3.8, 4) is 11.4 Å². The predicted molar refractivity (Wildman–Crippen MR) is 110 cm³/mol. The van der Waals surface area contributed by atoms with Gasteiger partial charge in [0.1, 0.15) is 11.6 Å². The second-order valence-electron chi connectivity index (χ2n) is 6.95. The van der Waals surface area contributed by atoms with E-state index in [0.717, 1.165) is 11.3 Å². The first-order valence-corrected chi connectivity index (χ1v) is 11.1. The van der Waals surface area contributed by atoms with E-state index in [2.05, 4.69) is 10.4 Å². The third kappa shape index (κ3) is 4.17. The fourth-order valence-corrected chi connectivity index (χ4v) is 4.87. The number of carbonyl (C=O) groups is 1. The molecule has 0 bridgehead atoms. The standard InChI is InChI=1S/C21H21N3O4S/c1-28-17-10-8-16(9-11-17)24-21(18-13-29(26,27)14-19(18)23-24)22-20(25)12-7-15-5-3-2-4-6-15/h2-6,8-11H,7,12-14H2,1H3,(H,22,25). The van der Waals surface area contributed by atoms with Crippen LogP contribution < -0.4 is 10.1 Å². The predicted octanol–water partition coefficient (Wildman–Crippen LogP) is 2.88. The zero-order valence-corrected chi connectivity index (χ0v) is 16.8. The van der Waals surface area contributed by atoms with Gasteiger partial charge >= 0.3 is 0 Å². The molecule has 4 rings (SSSR count). The van der Waals surface area contributed by atoms with E-state index in [4.69, 9.17) is 4.74 Å². The van der Waals surface area contributed by atoms with E-state index >= 15 is 0 Å². The molecular formula is C21H21N3O4S. The molecular weight excluding hydrogens is 390 g/mol. The molecule has 1 aliphatic heterocycles. The first-order chi connectivity index (χ1) is 13.9. The first-order valence-electron chi connectivity index (χ1n) is 9.24. The normalized spacial score (nSPS) is 14.4. The molecule has 1 amide bonds. The Bertz CT molecular complexity index is 1140. The smallest absolute Gasteiger partial charge is 0.225 e. The highest BCUT2D eigenvalue weighted by molar-refractivity contribution is 7.90. The molecule has 1 aromatic heterocycles. The lowest BCUT2D eigenvalue weighted by Gasteiger charge is -2.12. The van der Waals surface area contributed by atoms with E-state index in [1.165, 1.54) is 0 Å². The van der Waals surface area contributed by atoms with Crippen LogP contribution in [0.5, 0.6) is 5.75 Å². The third-order valence-corrected chi connectivity index (χ3v) is 6.29. The quantitative estimate of drug-likeness (QED) is 0.674. The number of ether oxygens (including phenoxy) is 1. The number of nitrogens with zero attached hydrogens (tertiary/aromatic N) is 2. The molecule has 7 nitrogen and oxygen atoms in total. The molecule has 0 saturated heterocycles. The fraction of sp³-hybridized carbons (Fsp3) is 0.238. The number of benzene rings is 2. The van der Waals surface area contributed by atoms with Crippen molar-refractivity contribution in [2.45, 2.75) is 24.3 Å². The zero-order valence-electron chi connectivity index (χ0n) is 16.0. The number of fused-ring (bicyclic) bond motifs is 1. The number of methoxy groups -OCH3 is 1. The number of amides is 1. The van der Waals surface area contributed by atoms with Gasteiger partial charge in [0.15, 0.2) is 9.84 Å². The summed E-state index contributed by atoms with van der Waals surface area (Å²) in [5.41, 5.74) is 2.84. The Hall–Kier alpha value is -3.13. The lowest BCUT2D eigenvalue weighted by Crippen LogP contribution is -2.17. The molecule has 2 aromatic carbocycles. The number of rotatable bonds is 6. The maximum Gasteiger partial charge on any atom is 0.225 e. The minimum Gasteiger partial charge on any atom is -0.497 e. The third-order valence-electron chi connectivity index (χ3n) is 4.85. The summed E-state index contributed by atoms with van der Waals surface area (Å²) in [6, 6.07) is 17.0. The molecule has 0 radical (unpaired) electrons. The molecule has 150 valence electrons. The van der Waals surface area contributed by atoms with Crippen molar-refractivity contribution in [2.24, 2.45) is 0 Å². The molecule has 1 aliphatic rings. The summed E-state index contributed by atoms with van der Waals surface area (Å²) in [4.78, 5) is 12.6. The van der Waals surface area contributed by atoms with Crippen LogP contribution in [0.3, 0.4) is 0 Å². The Morgan fingerprint density at radius 2 is 1.83 bits per heavy atom. The van der Waals surface area contributed by atoms with Crippen LogP contribution >= 0.6 is 0 Å². The molecule has 0 unspecified atom stereocenters. The van der Waals surface area contributed by atoms with Gasteiger partial charge in [-0.05, 0) is 36.2 Å². The monoisotopic (exact) mass is 411 g/mol. The van der Waals surface area contributed by atoms with Crippen LogP contribution in [0.4, 0.5) is 5.82 Å². The molecule has 0 spiro atoms. The van der Waals surface area contributed by atoms with Crippen molar-refractivity contribution in [3.63, 3.8) is 0 Å². The Balaban J connectivity index is 1.61. The summed E-state index contributed by atoms with van der Waals surface area (Å²) >= 11 is 0. The Morgan fingerprint density at radius 3 is 2.52 bits per heavy atom. The van der Waals surface area contributed by atoms with Crippen molar-refractivity contribution < 1.29 is 17.9 Å². The van der Waals surface area contributed by atoms with E-state index in [9.17, 15) is 13.2 Å². The molecule has 3 aromatic rings. The summed E-state index contributed by atoms with van der Waals surface area (Å²) in [6.45, 7) is 0. The van der Waals surface area contributed by atoms with Crippen LogP contribution in [0.2, 0.25) is 0 Å². The van der Waals surface area contributed by atoms with Crippen LogP contribution in [-0.4, -0.2) is 31.2 Å². The number of nitrogens with one attached hydrogen (secondary N) is 1. The number of sulfone groups is 1. The topological polar surface area (TPSA) is 90.3 Å². The van der Waals surface area contributed by atoms with E-state index in [1.807, 2.05) is 42.5 Å². The van der Waals surface area contributed by atoms with E-state index in [-0.39, 0.29) is 17.4 Å². The minimum atomic E-state index is -3.23. The van der Waals surface area contributed by atoms with Gasteiger partial charge in [-0.1, -0.05) is 30.3 Å². The van der Waals surface area contributed by atoms with Gasteiger partial charge in [0.25, 0.3) is 0 Å². The molecule has 1 N–H and O–H groups in total. The van der Waals surface area contributed by atoms with Crippen molar-refractivity contribution in [1.82, 2.24) is 9.78 Å². The highest BCUT2D eigenvalue weighted by Crippen LogP contribution is 2.33. The second kappa shape index (κ2) is 7.71. The molecule has 8 heteroatoms. The summed E-state index contributed by atoms with van der Waals surface area (Å²) < 4.78 is 30.9. The maximum absolute atomic E-state index is 12.6. The van der Waals surface area contributed by atoms with Gasteiger partial charge < -0.3 is 10.1 Å². The second-order valence-corrected chi connectivity index (χ2v) is 9.01. The lowest BCUT2D eigenvalue weighted by molar-refractivity contribution is -0.116. The van der Waals surface area contributed by atoms with Crippen LogP contribution in [-0.2, 0) is 32.6 Å². The van der Waals surface area contributed by atoms with Gasteiger partial charge in [0.05, 0.1) is 30.0 Å². The number of aromatic nitrogens is 2. The first kappa shape index (κ1) is 19.2. The Labute approximate surface area is 169 Å². The molecule has 0 atom stereocenters. The van der Waals surface area contributed by atoms with Gasteiger partial charge in [0.2, 0.25) is 5.91 Å². The average Bonchev–Trinajstić information content (AvgIpc) is 3.19. The van der Waals surface area contributed by atoms with Crippen LogP contribution in [0.1, 0.15) is 23.2 Å². The zero-order chi connectivity index (χ0) is 20.4. The minimum absolute atomic E-state index is 0.113. The number of hydrogen-bond acceptors (Lipinski definition) is 5. The van der Waals surface area contributed by atoms with Crippen LogP contribution in [0.15, 0.2) is 54.6 Å². The number of hydrogen-bond donors (Lipinski definition) is 1. The van der Waals surface area contributed by atoms with E-state index in [0.29, 0.717) is 35.7 Å². The average molecular weight is 411 g/mol. The lowest BCUT2D eigenvalue weighted by atomic mass is 10.1. The van der Waals surface area contributed by atoms with E-state index < -0.39 is 9.84 Å². The van der Waals surface area contributed by atoms with Gasteiger partial charge in [-0.15, -0.1) is 0 Å². The highest BCUT2D eigenvalue weighted by atomic mass is 32.2. The van der Waals surface area contributed by atoms with E-state index in [1.54, 1.807) is 23.9 Å². The Kier molecular flexibility index (Phi) is 5.10. The summed E-state index contributed by atoms with van der Waals surface area (Å²) in [5, 5.41) is 7.36. The molecule has 2 heterocycles. The molecule has 0 aliphatic carbocycles. The van der Waals surface area contributed by atoms with Crippen LogP contribution in [0, 0.1) is 0 Å². The maximum atomic E-state index is 12.6. The van der Waals surface area contributed by atoms with Crippen molar-refractivity contribution in [3.05, 3.63) is 71.4 Å². The molecule has 29 heavy (non-hydrogen) atoms. The van der Waals surface area contributed by atoms with Gasteiger partial charge in [-0.3, -0.25) is 4.79 Å². The Morgan fingerprint density at radius 1 is 1.10 bits per heavy atom. The number of aryl methyl sites for hydroxylation is 1. The van der Waals surface area contributed by atoms with Crippen LogP contribution in [0.25, 0.3) is 5.69 Å². The van der Waals surface area contributed by atoms with Gasteiger partial charge in [-0.2, -0.15) is 5.10 Å². The van der Waals surface area contributed by atoms with Crippen molar-refractivity contribution in [1.29, 1.82) is 0 Å². The molecule has 0 saturated carbocycles. The number of carbonyl (C=O) groups excluding carboxylic acids is 1. The molecule has 0 fully saturated rings. The van der Waals surface area contributed by atoms with Crippen molar-refractivity contribution in [2.75, 3.05) is 12.4 Å². The van der Waals surface area contributed by atoms with Gasteiger partial charge in [0, 0.05) is 12.0 Å². The SMILES string of the molecule is COc1ccc(-n2nc3c(c2NC(=O)CCc2ccccc2)CS(=O)(=O)C3)cc1. The fourth-order valence-electron chi connectivity index (χ4n) is 3.38. The largest absolute Gasteiger partial charge is 0.497 e. The number of anilines is 1.